The summed E-state index contributed by atoms with van der Waals surface area (Å²) in [6.45, 7) is 2.27. The van der Waals surface area contributed by atoms with Gasteiger partial charge >= 0.3 is 0 Å². The molecule has 2 atom stereocenters. The summed E-state index contributed by atoms with van der Waals surface area (Å²) >= 11 is 0. The van der Waals surface area contributed by atoms with Gasteiger partial charge in [0.25, 0.3) is 0 Å². The predicted molar refractivity (Wildman–Crippen MR) is 121 cm³/mol. The van der Waals surface area contributed by atoms with Crippen molar-refractivity contribution in [2.75, 3.05) is 0 Å². The van der Waals surface area contributed by atoms with E-state index in [1.807, 2.05) is 0 Å². The van der Waals surface area contributed by atoms with Crippen LogP contribution in [-0.4, -0.2) is 28.1 Å². The van der Waals surface area contributed by atoms with E-state index in [1.165, 1.54) is 116 Å². The molecule has 1 saturated heterocycles. The van der Waals surface area contributed by atoms with Gasteiger partial charge in [-0.05, 0) is 63.7 Å². The smallest absolute Gasteiger partial charge is 0.224 e. The summed E-state index contributed by atoms with van der Waals surface area (Å²) in [7, 11) is 0. The van der Waals surface area contributed by atoms with E-state index in [4.69, 9.17) is 0 Å². The normalized spacial score (nSPS) is 31.0. The molecule has 3 nitrogen and oxygen atoms in total. The first-order valence-electron chi connectivity index (χ1n) is 13.3. The molecule has 3 saturated carbocycles. The molecule has 0 aromatic heterocycles. The summed E-state index contributed by atoms with van der Waals surface area (Å²) in [5.74, 6) is 1.19. The molecule has 2 spiro atoms. The van der Waals surface area contributed by atoms with E-state index in [-0.39, 0.29) is 5.66 Å². The van der Waals surface area contributed by atoms with E-state index in [9.17, 15) is 4.79 Å². The van der Waals surface area contributed by atoms with E-state index in [0.717, 1.165) is 12.8 Å². The number of carbonyl (C=O) groups excluding carboxylic acids is 1. The van der Waals surface area contributed by atoms with E-state index >= 15 is 0 Å². The van der Waals surface area contributed by atoms with Crippen LogP contribution in [0.1, 0.15) is 135 Å². The van der Waals surface area contributed by atoms with Gasteiger partial charge in [0.05, 0.1) is 5.66 Å². The molecule has 1 amide bonds. The summed E-state index contributed by atoms with van der Waals surface area (Å²) in [6, 6.07) is 0.518. The van der Waals surface area contributed by atoms with Crippen molar-refractivity contribution in [1.82, 2.24) is 10.2 Å². The quantitative estimate of drug-likeness (QED) is 0.501. The van der Waals surface area contributed by atoms with Gasteiger partial charge in [0.1, 0.15) is 0 Å². The first-order chi connectivity index (χ1) is 14.2. The fourth-order valence-corrected chi connectivity index (χ4v) is 7.60. The second kappa shape index (κ2) is 9.71. The van der Waals surface area contributed by atoms with Crippen molar-refractivity contribution in [2.24, 2.45) is 5.92 Å². The Hall–Kier alpha value is -0.570. The fraction of sp³-hybridized carbons (Fsp3) is 0.962. The van der Waals surface area contributed by atoms with Crippen LogP contribution in [0.25, 0.3) is 0 Å². The van der Waals surface area contributed by atoms with Crippen molar-refractivity contribution in [3.05, 3.63) is 0 Å². The molecular weight excluding hydrogens is 356 g/mol. The molecule has 0 aromatic rings. The van der Waals surface area contributed by atoms with E-state index in [2.05, 4.69) is 17.1 Å². The van der Waals surface area contributed by atoms with Gasteiger partial charge in [-0.3, -0.25) is 10.1 Å². The van der Waals surface area contributed by atoms with Crippen molar-refractivity contribution in [3.8, 4) is 0 Å². The number of unbranched alkanes of at least 4 members (excludes halogenated alkanes) is 4. The third kappa shape index (κ3) is 4.41. The minimum atomic E-state index is -0.0192. The van der Waals surface area contributed by atoms with Crippen molar-refractivity contribution in [3.63, 3.8) is 0 Å². The first kappa shape index (κ1) is 21.7. The molecule has 3 aliphatic carbocycles. The lowest BCUT2D eigenvalue weighted by molar-refractivity contribution is -0.172. The Balaban J connectivity index is 1.56. The van der Waals surface area contributed by atoms with Crippen LogP contribution < -0.4 is 5.32 Å². The molecule has 0 radical (unpaired) electrons. The molecule has 4 fully saturated rings. The van der Waals surface area contributed by atoms with Gasteiger partial charge in [0, 0.05) is 18.0 Å². The highest BCUT2D eigenvalue weighted by Gasteiger charge is 2.58. The number of fused-ring (bicyclic) bond motifs is 2. The molecule has 0 aromatic carbocycles. The maximum absolute atomic E-state index is 13.7. The standard InChI is InChI=1S/C26H46N2O/c1-2-3-4-5-8-17-24(29)28-23-16-10-9-15-22(23)25(18-11-6-12-19-25)27-26(28)20-13-7-14-21-26/h22-23,27H,2-21H2,1H3. The van der Waals surface area contributed by atoms with Crippen molar-refractivity contribution in [1.29, 1.82) is 0 Å². The minimum absolute atomic E-state index is 0.0192. The highest BCUT2D eigenvalue weighted by molar-refractivity contribution is 5.77. The molecule has 1 aliphatic heterocycles. The average Bonchev–Trinajstić information content (AvgIpc) is 2.75. The maximum atomic E-state index is 13.7. The highest BCUT2D eigenvalue weighted by Crippen LogP contribution is 2.52. The lowest BCUT2D eigenvalue weighted by Crippen LogP contribution is -2.79. The summed E-state index contributed by atoms with van der Waals surface area (Å²) in [4.78, 5) is 16.2. The van der Waals surface area contributed by atoms with E-state index in [0.29, 0.717) is 23.4 Å². The molecule has 3 heteroatoms. The average molecular weight is 403 g/mol. The zero-order valence-electron chi connectivity index (χ0n) is 19.2. The number of nitrogens with zero attached hydrogens (tertiary/aromatic N) is 1. The summed E-state index contributed by atoms with van der Waals surface area (Å²) in [5.41, 5.74) is 0.313. The van der Waals surface area contributed by atoms with E-state index < -0.39 is 0 Å². The zero-order valence-corrected chi connectivity index (χ0v) is 19.2. The van der Waals surface area contributed by atoms with Crippen LogP contribution in [0.3, 0.4) is 0 Å². The van der Waals surface area contributed by atoms with Crippen LogP contribution >= 0.6 is 0 Å². The van der Waals surface area contributed by atoms with Crippen molar-refractivity contribution < 1.29 is 4.79 Å². The Labute approximate surface area is 179 Å². The SMILES string of the molecule is CCCCCCCC(=O)N1C2CCCCC2C2(CCCCC2)NC12CCCCC2. The largest absolute Gasteiger partial charge is 0.321 e. The number of rotatable bonds is 6. The molecular formula is C26H46N2O. The van der Waals surface area contributed by atoms with Crippen LogP contribution in [0, 0.1) is 5.92 Å². The Bertz CT molecular complexity index is 533. The predicted octanol–water partition coefficient (Wildman–Crippen LogP) is 6.70. The van der Waals surface area contributed by atoms with Crippen LogP contribution in [0.5, 0.6) is 0 Å². The summed E-state index contributed by atoms with van der Waals surface area (Å²) in [6.07, 6.45) is 25.5. The molecule has 0 bridgehead atoms. The molecule has 4 aliphatic rings. The second-order valence-corrected chi connectivity index (χ2v) is 10.8. The Morgan fingerprint density at radius 2 is 1.48 bits per heavy atom. The monoisotopic (exact) mass is 402 g/mol. The van der Waals surface area contributed by atoms with E-state index in [1.54, 1.807) is 0 Å². The minimum Gasteiger partial charge on any atom is -0.321 e. The van der Waals surface area contributed by atoms with Gasteiger partial charge < -0.3 is 4.90 Å². The molecule has 4 rings (SSSR count). The van der Waals surface area contributed by atoms with Gasteiger partial charge in [-0.15, -0.1) is 0 Å². The topological polar surface area (TPSA) is 32.3 Å². The first-order valence-corrected chi connectivity index (χ1v) is 13.3. The molecule has 166 valence electrons. The third-order valence-electron chi connectivity index (χ3n) is 8.90. The Morgan fingerprint density at radius 1 is 0.828 bits per heavy atom. The number of carbonyl (C=O) groups is 1. The van der Waals surface area contributed by atoms with Crippen molar-refractivity contribution in [2.45, 2.75) is 153 Å². The highest BCUT2D eigenvalue weighted by atomic mass is 16.2. The van der Waals surface area contributed by atoms with Crippen LogP contribution in [-0.2, 0) is 4.79 Å². The third-order valence-corrected chi connectivity index (χ3v) is 8.90. The molecule has 1 N–H and O–H groups in total. The van der Waals surface area contributed by atoms with Crippen LogP contribution in [0.2, 0.25) is 0 Å². The summed E-state index contributed by atoms with van der Waals surface area (Å²) < 4.78 is 0. The lowest BCUT2D eigenvalue weighted by atomic mass is 9.61. The molecule has 29 heavy (non-hydrogen) atoms. The maximum Gasteiger partial charge on any atom is 0.224 e. The second-order valence-electron chi connectivity index (χ2n) is 10.8. The fourth-order valence-electron chi connectivity index (χ4n) is 7.60. The van der Waals surface area contributed by atoms with Gasteiger partial charge in [0.15, 0.2) is 0 Å². The van der Waals surface area contributed by atoms with Gasteiger partial charge in [-0.25, -0.2) is 0 Å². The van der Waals surface area contributed by atoms with Crippen LogP contribution in [0.4, 0.5) is 0 Å². The molecule has 1 heterocycles. The summed E-state index contributed by atoms with van der Waals surface area (Å²) in [5, 5.41) is 4.33. The molecule has 2 unspecified atom stereocenters. The zero-order chi connectivity index (χ0) is 20.2. The number of hydrogen-bond acceptors (Lipinski definition) is 2. The lowest BCUT2D eigenvalue weighted by Gasteiger charge is -2.65. The number of amides is 1. The number of hydrogen-bond donors (Lipinski definition) is 1. The van der Waals surface area contributed by atoms with Gasteiger partial charge in [-0.2, -0.15) is 0 Å². The van der Waals surface area contributed by atoms with Crippen molar-refractivity contribution >= 4 is 5.91 Å². The van der Waals surface area contributed by atoms with Crippen LogP contribution in [0.15, 0.2) is 0 Å². The van der Waals surface area contributed by atoms with Gasteiger partial charge in [0.2, 0.25) is 5.91 Å². The Kier molecular flexibility index (Phi) is 7.25. The Morgan fingerprint density at radius 3 is 2.21 bits per heavy atom. The van der Waals surface area contributed by atoms with Gasteiger partial charge in [-0.1, -0.05) is 71.1 Å². The number of nitrogens with one attached hydrogen (secondary N) is 1.